The van der Waals surface area contributed by atoms with Crippen molar-refractivity contribution in [1.29, 1.82) is 0 Å². The van der Waals surface area contributed by atoms with E-state index in [0.29, 0.717) is 6.42 Å². The van der Waals surface area contributed by atoms with Crippen LogP contribution in [0.5, 0.6) is 0 Å². The maximum absolute atomic E-state index is 11.4. The highest BCUT2D eigenvalue weighted by molar-refractivity contribution is 14.1. The molecule has 3 nitrogen and oxygen atoms in total. The summed E-state index contributed by atoms with van der Waals surface area (Å²) in [6, 6.07) is 7.78. The monoisotopic (exact) mass is 326 g/mol. The molecule has 0 unspecified atom stereocenters. The van der Waals surface area contributed by atoms with E-state index in [1.54, 1.807) is 6.20 Å². The average Bonchev–Trinajstić information content (AvgIpc) is 2.33. The van der Waals surface area contributed by atoms with Crippen molar-refractivity contribution in [3.05, 3.63) is 34.0 Å². The number of hydrogen-bond donors (Lipinski definition) is 1. The van der Waals surface area contributed by atoms with Gasteiger partial charge in [0.2, 0.25) is 5.91 Å². The number of aromatic nitrogens is 1. The van der Waals surface area contributed by atoms with Gasteiger partial charge in [0, 0.05) is 21.6 Å². The number of pyridine rings is 1. The summed E-state index contributed by atoms with van der Waals surface area (Å²) < 4.78 is 1.13. The molecule has 0 bridgehead atoms. The summed E-state index contributed by atoms with van der Waals surface area (Å²) in [5.74, 6) is 0.00756. The van der Waals surface area contributed by atoms with Crippen LogP contribution in [-0.4, -0.2) is 10.9 Å². The molecule has 1 aromatic heterocycles. The Morgan fingerprint density at radius 3 is 3.00 bits per heavy atom. The number of nitrogens with zero attached hydrogens (tertiary/aromatic N) is 1. The number of fused-ring (bicyclic) bond motifs is 1. The molecule has 0 aliphatic rings. The van der Waals surface area contributed by atoms with Gasteiger partial charge in [-0.1, -0.05) is 13.0 Å². The molecule has 4 heteroatoms. The lowest BCUT2D eigenvalue weighted by Crippen LogP contribution is -2.10. The Morgan fingerprint density at radius 2 is 2.25 bits per heavy atom. The van der Waals surface area contributed by atoms with Crippen LogP contribution in [0.15, 0.2) is 30.5 Å². The fourth-order valence-corrected chi connectivity index (χ4v) is 2.09. The maximum Gasteiger partial charge on any atom is 0.224 e. The van der Waals surface area contributed by atoms with Gasteiger partial charge in [-0.25, -0.2) is 0 Å². The summed E-state index contributed by atoms with van der Waals surface area (Å²) in [6.07, 6.45) is 2.21. The Morgan fingerprint density at radius 1 is 1.44 bits per heavy atom. The summed E-state index contributed by atoms with van der Waals surface area (Å²) >= 11 is 2.27. The quantitative estimate of drug-likeness (QED) is 0.861. The number of hydrogen-bond acceptors (Lipinski definition) is 2. The summed E-state index contributed by atoms with van der Waals surface area (Å²) in [5.41, 5.74) is 1.62. The molecule has 1 heterocycles. The van der Waals surface area contributed by atoms with Crippen LogP contribution in [0.1, 0.15) is 13.3 Å². The minimum Gasteiger partial charge on any atom is -0.324 e. The van der Waals surface area contributed by atoms with Gasteiger partial charge >= 0.3 is 0 Å². The Labute approximate surface area is 107 Å². The number of carbonyl (C=O) groups excluding carboxylic acids is 1. The molecule has 82 valence electrons. The van der Waals surface area contributed by atoms with Gasteiger partial charge in [0.05, 0.1) is 11.2 Å². The third kappa shape index (κ3) is 2.16. The highest BCUT2D eigenvalue weighted by atomic mass is 127. The van der Waals surface area contributed by atoms with E-state index >= 15 is 0 Å². The van der Waals surface area contributed by atoms with Crippen LogP contribution in [0.25, 0.3) is 10.9 Å². The standard InChI is InChI=1S/C12H11IN2O/c1-2-11(16)15-10-6-5-9(13)8-4-3-7-14-12(8)10/h3-7H,2H2,1H3,(H,15,16). The molecule has 2 aromatic rings. The maximum atomic E-state index is 11.4. The molecular weight excluding hydrogens is 315 g/mol. The van der Waals surface area contributed by atoms with E-state index in [1.807, 2.05) is 31.2 Å². The molecule has 1 N–H and O–H groups in total. The summed E-state index contributed by atoms with van der Waals surface area (Å²) in [6.45, 7) is 1.83. The van der Waals surface area contributed by atoms with Gasteiger partial charge < -0.3 is 5.32 Å². The number of carbonyl (C=O) groups is 1. The zero-order valence-electron chi connectivity index (χ0n) is 8.83. The van der Waals surface area contributed by atoms with E-state index in [-0.39, 0.29) is 5.91 Å². The molecule has 0 saturated heterocycles. The number of amides is 1. The second kappa shape index (κ2) is 4.78. The van der Waals surface area contributed by atoms with Gasteiger partial charge in [-0.3, -0.25) is 9.78 Å². The van der Waals surface area contributed by atoms with Gasteiger partial charge in [-0.2, -0.15) is 0 Å². The fourth-order valence-electron chi connectivity index (χ4n) is 1.48. The van der Waals surface area contributed by atoms with E-state index < -0.39 is 0 Å². The molecule has 0 radical (unpaired) electrons. The van der Waals surface area contributed by atoms with Crippen molar-refractivity contribution in [2.24, 2.45) is 0 Å². The molecule has 0 spiro atoms. The third-order valence-electron chi connectivity index (χ3n) is 2.31. The highest BCUT2D eigenvalue weighted by Crippen LogP contribution is 2.25. The minimum atomic E-state index is 0.00756. The first-order chi connectivity index (χ1) is 7.72. The lowest BCUT2D eigenvalue weighted by molar-refractivity contribution is -0.115. The largest absolute Gasteiger partial charge is 0.324 e. The summed E-state index contributed by atoms with van der Waals surface area (Å²) in [7, 11) is 0. The van der Waals surface area contributed by atoms with E-state index in [1.165, 1.54) is 0 Å². The van der Waals surface area contributed by atoms with Crippen molar-refractivity contribution in [2.75, 3.05) is 5.32 Å². The first kappa shape index (κ1) is 11.3. The second-order valence-electron chi connectivity index (χ2n) is 3.40. The van der Waals surface area contributed by atoms with Gasteiger partial charge in [-0.05, 0) is 40.8 Å². The Bertz CT molecular complexity index is 540. The zero-order chi connectivity index (χ0) is 11.5. The van der Waals surface area contributed by atoms with Crippen LogP contribution in [0.4, 0.5) is 5.69 Å². The van der Waals surface area contributed by atoms with Gasteiger partial charge in [-0.15, -0.1) is 0 Å². The molecule has 0 fully saturated rings. The van der Waals surface area contributed by atoms with Crippen molar-refractivity contribution in [3.63, 3.8) is 0 Å². The van der Waals surface area contributed by atoms with Crippen molar-refractivity contribution < 1.29 is 4.79 Å². The lowest BCUT2D eigenvalue weighted by atomic mass is 10.2. The molecule has 2 rings (SSSR count). The normalized spacial score (nSPS) is 10.4. The Kier molecular flexibility index (Phi) is 3.38. The smallest absolute Gasteiger partial charge is 0.224 e. The SMILES string of the molecule is CCC(=O)Nc1ccc(I)c2cccnc12. The highest BCUT2D eigenvalue weighted by Gasteiger charge is 2.06. The predicted molar refractivity (Wildman–Crippen MR) is 73.4 cm³/mol. The number of nitrogens with one attached hydrogen (secondary N) is 1. The molecule has 1 amide bonds. The van der Waals surface area contributed by atoms with Gasteiger partial charge in [0.15, 0.2) is 0 Å². The van der Waals surface area contributed by atoms with Crippen molar-refractivity contribution >= 4 is 45.1 Å². The van der Waals surface area contributed by atoms with Crippen LogP contribution in [0, 0.1) is 3.57 Å². The average molecular weight is 326 g/mol. The number of halogens is 1. The molecule has 0 saturated carbocycles. The van der Waals surface area contributed by atoms with E-state index in [9.17, 15) is 4.79 Å². The van der Waals surface area contributed by atoms with Crippen molar-refractivity contribution in [1.82, 2.24) is 4.98 Å². The Balaban J connectivity index is 2.54. The molecule has 0 aliphatic heterocycles. The number of benzene rings is 1. The lowest BCUT2D eigenvalue weighted by Gasteiger charge is -2.08. The van der Waals surface area contributed by atoms with Crippen molar-refractivity contribution in [3.8, 4) is 0 Å². The molecule has 0 aliphatic carbocycles. The Hall–Kier alpha value is -1.17. The van der Waals surface area contributed by atoms with E-state index in [2.05, 4.69) is 32.9 Å². The zero-order valence-corrected chi connectivity index (χ0v) is 11.0. The first-order valence-electron chi connectivity index (χ1n) is 5.05. The molecular formula is C12H11IN2O. The second-order valence-corrected chi connectivity index (χ2v) is 4.56. The molecule has 1 aromatic carbocycles. The van der Waals surface area contributed by atoms with Gasteiger partial charge in [0.25, 0.3) is 0 Å². The summed E-state index contributed by atoms with van der Waals surface area (Å²) in [4.78, 5) is 15.7. The topological polar surface area (TPSA) is 42.0 Å². The minimum absolute atomic E-state index is 0.00756. The number of rotatable bonds is 2. The predicted octanol–water partition coefficient (Wildman–Crippen LogP) is 3.19. The van der Waals surface area contributed by atoms with Crippen LogP contribution in [0.2, 0.25) is 0 Å². The number of anilines is 1. The fraction of sp³-hybridized carbons (Fsp3) is 0.167. The molecule has 0 atom stereocenters. The van der Waals surface area contributed by atoms with Gasteiger partial charge in [0.1, 0.15) is 0 Å². The third-order valence-corrected chi connectivity index (χ3v) is 3.25. The van der Waals surface area contributed by atoms with Crippen LogP contribution in [-0.2, 0) is 4.79 Å². The van der Waals surface area contributed by atoms with Crippen LogP contribution < -0.4 is 5.32 Å². The van der Waals surface area contributed by atoms with Crippen LogP contribution in [0.3, 0.4) is 0 Å². The summed E-state index contributed by atoms with van der Waals surface area (Å²) in [5, 5.41) is 3.92. The van der Waals surface area contributed by atoms with E-state index in [0.717, 1.165) is 20.2 Å². The molecule has 16 heavy (non-hydrogen) atoms. The van der Waals surface area contributed by atoms with E-state index in [4.69, 9.17) is 0 Å². The van der Waals surface area contributed by atoms with Crippen LogP contribution >= 0.6 is 22.6 Å². The van der Waals surface area contributed by atoms with Crippen molar-refractivity contribution in [2.45, 2.75) is 13.3 Å². The first-order valence-corrected chi connectivity index (χ1v) is 6.13.